The summed E-state index contributed by atoms with van der Waals surface area (Å²) in [5.74, 6) is -0.379. The lowest BCUT2D eigenvalue weighted by Crippen LogP contribution is -2.09. The van der Waals surface area contributed by atoms with Gasteiger partial charge in [0.15, 0.2) is 0 Å². The van der Waals surface area contributed by atoms with E-state index in [-0.39, 0.29) is 16.9 Å². The van der Waals surface area contributed by atoms with Gasteiger partial charge in [-0.15, -0.1) is 0 Å². The van der Waals surface area contributed by atoms with Gasteiger partial charge in [0, 0.05) is 16.5 Å². The Morgan fingerprint density at radius 2 is 1.70 bits per heavy atom. The third kappa shape index (κ3) is 2.03. The molecule has 2 nitrogen and oxygen atoms in total. The monoisotopic (exact) mass is 149 g/mol. The zero-order valence-electron chi connectivity index (χ0n) is 5.37. The summed E-state index contributed by atoms with van der Waals surface area (Å²) in [7, 11) is 0. The fourth-order valence-electron chi connectivity index (χ4n) is 0.602. The molecule has 3 heteroatoms. The molecule has 0 bridgehead atoms. The first-order chi connectivity index (χ1) is 4.30. The fraction of sp³-hybridized carbons (Fsp3) is 0. The highest BCUT2D eigenvalue weighted by molar-refractivity contribution is 5.92. The van der Waals surface area contributed by atoms with Gasteiger partial charge < -0.3 is 5.73 Å². The predicted molar refractivity (Wildman–Crippen MR) is 40.7 cm³/mol. The van der Waals surface area contributed by atoms with Crippen LogP contribution in [0.15, 0.2) is 30.3 Å². The van der Waals surface area contributed by atoms with Crippen LogP contribution in [0, 0.1) is 0 Å². The van der Waals surface area contributed by atoms with Gasteiger partial charge in [-0.3, -0.25) is 4.79 Å². The first-order valence-corrected chi connectivity index (χ1v) is 2.65. The van der Waals surface area contributed by atoms with Crippen LogP contribution < -0.4 is 5.73 Å². The topological polar surface area (TPSA) is 43.1 Å². The van der Waals surface area contributed by atoms with Crippen molar-refractivity contribution in [3.63, 3.8) is 0 Å². The predicted octanol–water partition coefficient (Wildman–Crippen LogP) is 0.405. The van der Waals surface area contributed by atoms with E-state index in [2.05, 4.69) is 0 Å². The molecule has 10 heavy (non-hydrogen) atoms. The lowest BCUT2D eigenvalue weighted by Gasteiger charge is -1.89. The van der Waals surface area contributed by atoms with Gasteiger partial charge in [0.1, 0.15) is 0 Å². The van der Waals surface area contributed by atoms with E-state index in [0.29, 0.717) is 5.56 Å². The molecule has 1 amide bonds. The van der Waals surface area contributed by atoms with E-state index in [1.54, 1.807) is 24.3 Å². The Labute approximate surface area is 64.1 Å². The largest absolute Gasteiger partial charge is 0.366 e. The summed E-state index contributed by atoms with van der Waals surface area (Å²) in [4.78, 5) is 10.4. The molecule has 4 radical (unpaired) electrons. The number of hydrogen-bond donors (Lipinski definition) is 1. The molecule has 0 atom stereocenters. The summed E-state index contributed by atoms with van der Waals surface area (Å²) >= 11 is 0. The van der Waals surface area contributed by atoms with Crippen molar-refractivity contribution in [1.82, 2.24) is 0 Å². The third-order valence-electron chi connectivity index (χ3n) is 1.06. The minimum atomic E-state index is -0.379. The summed E-state index contributed by atoms with van der Waals surface area (Å²) in [6.07, 6.45) is 0. The van der Waals surface area contributed by atoms with Crippen LogP contribution in [0.25, 0.3) is 0 Å². The second-order valence-electron chi connectivity index (χ2n) is 1.73. The van der Waals surface area contributed by atoms with Crippen LogP contribution in [-0.4, -0.2) is 16.9 Å². The van der Waals surface area contributed by atoms with E-state index in [0.717, 1.165) is 0 Å². The zero-order chi connectivity index (χ0) is 6.69. The number of rotatable bonds is 1. The maximum absolute atomic E-state index is 10.4. The Morgan fingerprint density at radius 3 is 2.00 bits per heavy atom. The highest BCUT2D eigenvalue weighted by Gasteiger charge is 1.93. The molecule has 50 valence electrons. The van der Waals surface area contributed by atoms with Crippen molar-refractivity contribution in [2.45, 2.75) is 0 Å². The summed E-state index contributed by atoms with van der Waals surface area (Å²) in [5.41, 5.74) is 5.53. The molecule has 0 aliphatic heterocycles. The molecular weight excluding hydrogens is 142 g/mol. The Hall–Kier alpha value is -1.09. The van der Waals surface area contributed by atoms with E-state index < -0.39 is 0 Å². The Kier molecular flexibility index (Phi) is 3.42. The van der Waals surface area contributed by atoms with Gasteiger partial charge in [-0.1, -0.05) is 18.2 Å². The summed E-state index contributed by atoms with van der Waals surface area (Å²) in [6.45, 7) is 0. The van der Waals surface area contributed by atoms with Gasteiger partial charge in [-0.25, -0.2) is 0 Å². The molecule has 0 aliphatic carbocycles. The van der Waals surface area contributed by atoms with Crippen LogP contribution in [0.5, 0.6) is 0 Å². The molecule has 1 aromatic rings. The maximum Gasteiger partial charge on any atom is 0.248 e. The number of nitrogens with two attached hydrogens (primary N) is 1. The smallest absolute Gasteiger partial charge is 0.248 e. The van der Waals surface area contributed by atoms with Crippen molar-refractivity contribution in [3.05, 3.63) is 35.9 Å². The van der Waals surface area contributed by atoms with Gasteiger partial charge in [0.05, 0.1) is 0 Å². The second-order valence-corrected chi connectivity index (χ2v) is 1.73. The van der Waals surface area contributed by atoms with E-state index in [9.17, 15) is 4.79 Å². The van der Waals surface area contributed by atoms with Crippen LogP contribution in [0.2, 0.25) is 0 Å². The van der Waals surface area contributed by atoms with Crippen LogP contribution in [0.3, 0.4) is 0 Å². The minimum absolute atomic E-state index is 0. The van der Waals surface area contributed by atoms with Crippen molar-refractivity contribution < 1.29 is 4.79 Å². The first-order valence-electron chi connectivity index (χ1n) is 2.65. The molecule has 0 heterocycles. The molecule has 0 aliphatic rings. The first kappa shape index (κ1) is 8.91. The van der Waals surface area contributed by atoms with E-state index in [1.807, 2.05) is 6.07 Å². The van der Waals surface area contributed by atoms with Crippen molar-refractivity contribution in [2.24, 2.45) is 5.73 Å². The highest BCUT2D eigenvalue weighted by atomic mass is 28.1. The summed E-state index contributed by atoms with van der Waals surface area (Å²) in [5, 5.41) is 0. The van der Waals surface area contributed by atoms with Crippen molar-refractivity contribution >= 4 is 16.9 Å². The average Bonchev–Trinajstić information content (AvgIpc) is 1.90. The number of benzene rings is 1. The molecule has 2 N–H and O–H groups in total. The lowest BCUT2D eigenvalue weighted by atomic mass is 10.2. The number of carbonyl (C=O) groups excluding carboxylic acids is 1. The summed E-state index contributed by atoms with van der Waals surface area (Å²) < 4.78 is 0. The Morgan fingerprint density at radius 1 is 1.20 bits per heavy atom. The molecule has 0 aromatic heterocycles. The molecule has 1 rings (SSSR count). The number of primary amides is 1. The van der Waals surface area contributed by atoms with Crippen LogP contribution in [0.1, 0.15) is 10.4 Å². The lowest BCUT2D eigenvalue weighted by molar-refractivity contribution is 0.100. The quantitative estimate of drug-likeness (QED) is 0.577. The Bertz CT molecular complexity index is 210. The zero-order valence-corrected chi connectivity index (χ0v) is 6.37. The van der Waals surface area contributed by atoms with E-state index in [1.165, 1.54) is 0 Å². The van der Waals surface area contributed by atoms with Crippen molar-refractivity contribution in [2.75, 3.05) is 0 Å². The third-order valence-corrected chi connectivity index (χ3v) is 1.06. The SMILES string of the molecule is NC(=O)c1ccccc1.[Si]. The molecule has 0 spiro atoms. The van der Waals surface area contributed by atoms with Gasteiger partial charge in [0.25, 0.3) is 0 Å². The number of carbonyl (C=O) groups is 1. The average molecular weight is 149 g/mol. The van der Waals surface area contributed by atoms with Crippen molar-refractivity contribution in [3.8, 4) is 0 Å². The maximum atomic E-state index is 10.4. The Balaban J connectivity index is 0.000000810. The molecule has 0 saturated heterocycles. The van der Waals surface area contributed by atoms with E-state index in [4.69, 9.17) is 5.73 Å². The van der Waals surface area contributed by atoms with Crippen LogP contribution in [0.4, 0.5) is 0 Å². The molecule has 1 aromatic carbocycles. The minimum Gasteiger partial charge on any atom is -0.366 e. The normalized spacial score (nSPS) is 8.00. The van der Waals surface area contributed by atoms with Gasteiger partial charge in [-0.2, -0.15) is 0 Å². The van der Waals surface area contributed by atoms with E-state index >= 15 is 0 Å². The van der Waals surface area contributed by atoms with Crippen LogP contribution in [-0.2, 0) is 0 Å². The molecular formula is C7H7NOSi. The molecule has 0 fully saturated rings. The number of hydrogen-bond acceptors (Lipinski definition) is 1. The number of amides is 1. The standard InChI is InChI=1S/C7H7NO.Si/c8-7(9)6-4-2-1-3-5-6;/h1-5H,(H2,8,9);. The van der Waals surface area contributed by atoms with Gasteiger partial charge in [-0.05, 0) is 12.1 Å². The summed E-state index contributed by atoms with van der Waals surface area (Å²) in [6, 6.07) is 8.76. The van der Waals surface area contributed by atoms with Crippen LogP contribution >= 0.6 is 0 Å². The van der Waals surface area contributed by atoms with Gasteiger partial charge in [0.2, 0.25) is 5.91 Å². The fourth-order valence-corrected chi connectivity index (χ4v) is 0.602. The highest BCUT2D eigenvalue weighted by Crippen LogP contribution is 1.94. The van der Waals surface area contributed by atoms with Crippen molar-refractivity contribution in [1.29, 1.82) is 0 Å². The molecule has 0 unspecified atom stereocenters. The molecule has 0 saturated carbocycles. The van der Waals surface area contributed by atoms with Gasteiger partial charge >= 0.3 is 0 Å². The second kappa shape index (κ2) is 3.84.